The second-order valence-corrected chi connectivity index (χ2v) is 6.33. The normalized spacial score (nSPS) is 23.2. The lowest BCUT2D eigenvalue weighted by molar-refractivity contribution is 0.357. The molecule has 0 spiro atoms. The molecule has 0 saturated heterocycles. The van der Waals surface area contributed by atoms with Crippen LogP contribution in [0, 0.1) is 23.6 Å². The molecule has 2 atom stereocenters. The molecule has 1 aromatic rings. The lowest BCUT2D eigenvalue weighted by Gasteiger charge is -2.21. The molecule has 1 nitrogen and oxygen atoms in total. The van der Waals surface area contributed by atoms with Crippen LogP contribution in [0.25, 0.3) is 0 Å². The summed E-state index contributed by atoms with van der Waals surface area (Å²) in [5.41, 5.74) is 1.28. The van der Waals surface area contributed by atoms with Crippen LogP contribution in [-0.4, -0.2) is 13.1 Å². The van der Waals surface area contributed by atoms with Gasteiger partial charge in [-0.05, 0) is 67.8 Å². The van der Waals surface area contributed by atoms with E-state index in [1.165, 1.54) is 24.8 Å². The summed E-state index contributed by atoms with van der Waals surface area (Å²) >= 11 is 0. The molecule has 0 aromatic heterocycles. The van der Waals surface area contributed by atoms with Gasteiger partial charge in [0.25, 0.3) is 0 Å². The molecule has 0 bridgehead atoms. The minimum atomic E-state index is -0.134. The zero-order valence-corrected chi connectivity index (χ0v) is 12.2. The lowest BCUT2D eigenvalue weighted by Crippen LogP contribution is -2.28. The number of rotatable bonds is 6. The zero-order chi connectivity index (χ0) is 13.7. The molecule has 0 aliphatic heterocycles. The van der Waals surface area contributed by atoms with Crippen molar-refractivity contribution in [3.05, 3.63) is 35.6 Å². The number of hydrogen-bond acceptors (Lipinski definition) is 1. The number of halogens is 1. The average Bonchev–Trinajstić information content (AvgIpc) is 2.79. The maximum atomic E-state index is 12.9. The quantitative estimate of drug-likeness (QED) is 0.817. The summed E-state index contributed by atoms with van der Waals surface area (Å²) in [6.45, 7) is 6.75. The molecule has 1 aliphatic carbocycles. The van der Waals surface area contributed by atoms with E-state index >= 15 is 0 Å². The van der Waals surface area contributed by atoms with Gasteiger partial charge in [0.05, 0.1) is 0 Å². The van der Waals surface area contributed by atoms with Crippen molar-refractivity contribution >= 4 is 0 Å². The van der Waals surface area contributed by atoms with Gasteiger partial charge in [-0.25, -0.2) is 4.39 Å². The molecular formula is C17H26FN. The van der Waals surface area contributed by atoms with Gasteiger partial charge in [0.2, 0.25) is 0 Å². The van der Waals surface area contributed by atoms with Gasteiger partial charge < -0.3 is 5.32 Å². The Balaban J connectivity index is 1.83. The molecule has 0 heterocycles. The summed E-state index contributed by atoms with van der Waals surface area (Å²) in [5, 5.41) is 3.59. The maximum absolute atomic E-state index is 12.9. The largest absolute Gasteiger partial charge is 0.316 e. The zero-order valence-electron chi connectivity index (χ0n) is 12.2. The van der Waals surface area contributed by atoms with E-state index in [1.54, 1.807) is 12.1 Å². The molecule has 1 aromatic carbocycles. The van der Waals surface area contributed by atoms with Crippen LogP contribution < -0.4 is 5.32 Å². The Kier molecular flexibility index (Phi) is 5.38. The molecule has 1 saturated carbocycles. The third-order valence-electron chi connectivity index (χ3n) is 4.19. The van der Waals surface area contributed by atoms with Crippen LogP contribution in [0.4, 0.5) is 4.39 Å². The molecule has 1 N–H and O–H groups in total. The van der Waals surface area contributed by atoms with E-state index in [4.69, 9.17) is 0 Å². The van der Waals surface area contributed by atoms with Gasteiger partial charge >= 0.3 is 0 Å². The predicted octanol–water partition coefficient (Wildman–Crippen LogP) is 4.03. The van der Waals surface area contributed by atoms with E-state index in [9.17, 15) is 4.39 Å². The van der Waals surface area contributed by atoms with Gasteiger partial charge in [0, 0.05) is 0 Å². The highest BCUT2D eigenvalue weighted by atomic mass is 19.1. The lowest BCUT2D eigenvalue weighted by atomic mass is 9.89. The van der Waals surface area contributed by atoms with Crippen LogP contribution in [0.2, 0.25) is 0 Å². The van der Waals surface area contributed by atoms with Crippen molar-refractivity contribution in [1.82, 2.24) is 5.32 Å². The van der Waals surface area contributed by atoms with Crippen LogP contribution in [-0.2, 0) is 6.42 Å². The predicted molar refractivity (Wildman–Crippen MR) is 78.6 cm³/mol. The van der Waals surface area contributed by atoms with E-state index in [2.05, 4.69) is 19.2 Å². The minimum Gasteiger partial charge on any atom is -0.316 e. The van der Waals surface area contributed by atoms with Crippen molar-refractivity contribution in [2.24, 2.45) is 17.8 Å². The van der Waals surface area contributed by atoms with Crippen LogP contribution in [0.1, 0.15) is 38.7 Å². The van der Waals surface area contributed by atoms with E-state index in [0.717, 1.165) is 37.3 Å². The Morgan fingerprint density at radius 1 is 1.16 bits per heavy atom. The Hall–Kier alpha value is -0.890. The summed E-state index contributed by atoms with van der Waals surface area (Å²) in [6.07, 6.45) is 5.12. The minimum absolute atomic E-state index is 0.134. The summed E-state index contributed by atoms with van der Waals surface area (Å²) in [6, 6.07) is 7.03. The summed E-state index contributed by atoms with van der Waals surface area (Å²) in [4.78, 5) is 0. The fourth-order valence-electron chi connectivity index (χ4n) is 3.13. The summed E-state index contributed by atoms with van der Waals surface area (Å²) < 4.78 is 12.9. The van der Waals surface area contributed by atoms with Gasteiger partial charge in [-0.2, -0.15) is 0 Å². The highest BCUT2D eigenvalue weighted by Gasteiger charge is 2.26. The molecule has 2 heteroatoms. The summed E-state index contributed by atoms with van der Waals surface area (Å²) in [7, 11) is 0. The maximum Gasteiger partial charge on any atom is 0.123 e. The van der Waals surface area contributed by atoms with Crippen molar-refractivity contribution in [2.75, 3.05) is 13.1 Å². The first-order valence-electron chi connectivity index (χ1n) is 7.60. The molecule has 2 unspecified atom stereocenters. The first kappa shape index (κ1) is 14.5. The smallest absolute Gasteiger partial charge is 0.123 e. The highest BCUT2D eigenvalue weighted by Crippen LogP contribution is 2.33. The fourth-order valence-corrected chi connectivity index (χ4v) is 3.13. The molecule has 106 valence electrons. The molecule has 0 radical (unpaired) electrons. The Morgan fingerprint density at radius 3 is 2.53 bits per heavy atom. The molecule has 1 fully saturated rings. The Labute approximate surface area is 116 Å². The van der Waals surface area contributed by atoms with Crippen LogP contribution in [0.15, 0.2) is 24.3 Å². The van der Waals surface area contributed by atoms with Crippen LogP contribution in [0.5, 0.6) is 0 Å². The van der Waals surface area contributed by atoms with Gasteiger partial charge in [0.15, 0.2) is 0 Å². The third kappa shape index (κ3) is 4.61. The average molecular weight is 263 g/mol. The first-order valence-corrected chi connectivity index (χ1v) is 7.60. The topological polar surface area (TPSA) is 12.0 Å². The van der Waals surface area contributed by atoms with Crippen molar-refractivity contribution in [3.8, 4) is 0 Å². The monoisotopic (exact) mass is 263 g/mol. The van der Waals surface area contributed by atoms with E-state index in [-0.39, 0.29) is 5.82 Å². The van der Waals surface area contributed by atoms with Gasteiger partial charge in [-0.15, -0.1) is 0 Å². The van der Waals surface area contributed by atoms with Crippen molar-refractivity contribution < 1.29 is 4.39 Å². The molecule has 0 amide bonds. The number of nitrogens with one attached hydrogen (secondary N) is 1. The van der Waals surface area contributed by atoms with Gasteiger partial charge in [-0.1, -0.05) is 32.4 Å². The standard InChI is InChI=1S/C17H26FN/c1-13(2)11-19-12-16-5-3-4-15(16)10-14-6-8-17(18)9-7-14/h6-9,13,15-16,19H,3-5,10-12H2,1-2H3. The number of benzene rings is 1. The van der Waals surface area contributed by atoms with Crippen LogP contribution in [0.3, 0.4) is 0 Å². The van der Waals surface area contributed by atoms with E-state index in [1.807, 2.05) is 12.1 Å². The molecule has 1 aliphatic rings. The summed E-state index contributed by atoms with van der Waals surface area (Å²) in [5.74, 6) is 2.15. The van der Waals surface area contributed by atoms with E-state index in [0.29, 0.717) is 0 Å². The highest BCUT2D eigenvalue weighted by molar-refractivity contribution is 5.17. The SMILES string of the molecule is CC(C)CNCC1CCCC1Cc1ccc(F)cc1. The van der Waals surface area contributed by atoms with Crippen molar-refractivity contribution in [3.63, 3.8) is 0 Å². The Bertz CT molecular complexity index is 371. The van der Waals surface area contributed by atoms with E-state index < -0.39 is 0 Å². The first-order chi connectivity index (χ1) is 9.15. The third-order valence-corrected chi connectivity index (χ3v) is 4.19. The number of hydrogen-bond donors (Lipinski definition) is 1. The molecule has 2 rings (SSSR count). The van der Waals surface area contributed by atoms with Crippen LogP contribution >= 0.6 is 0 Å². The second kappa shape index (κ2) is 7.04. The molecular weight excluding hydrogens is 237 g/mol. The van der Waals surface area contributed by atoms with Gasteiger partial charge in [-0.3, -0.25) is 0 Å². The molecule has 19 heavy (non-hydrogen) atoms. The van der Waals surface area contributed by atoms with Crippen molar-refractivity contribution in [1.29, 1.82) is 0 Å². The van der Waals surface area contributed by atoms with Gasteiger partial charge in [0.1, 0.15) is 5.82 Å². The Morgan fingerprint density at radius 2 is 1.84 bits per heavy atom. The fraction of sp³-hybridized carbons (Fsp3) is 0.647. The van der Waals surface area contributed by atoms with Crippen molar-refractivity contribution in [2.45, 2.75) is 39.5 Å². The second-order valence-electron chi connectivity index (χ2n) is 6.33.